The lowest BCUT2D eigenvalue weighted by atomic mass is 10.2. The summed E-state index contributed by atoms with van der Waals surface area (Å²) in [6, 6.07) is 9.20. The maximum absolute atomic E-state index is 13.1. The monoisotopic (exact) mass is 417 g/mol. The highest BCUT2D eigenvalue weighted by atomic mass is 32.2. The van der Waals surface area contributed by atoms with Crippen LogP contribution in [-0.2, 0) is 33.5 Å². The predicted molar refractivity (Wildman–Crippen MR) is 113 cm³/mol. The minimum absolute atomic E-state index is 0.0508. The van der Waals surface area contributed by atoms with Crippen molar-refractivity contribution >= 4 is 15.7 Å². The summed E-state index contributed by atoms with van der Waals surface area (Å²) in [5.74, 6) is 0.448. The third-order valence-electron chi connectivity index (χ3n) is 5.09. The van der Waals surface area contributed by atoms with Crippen molar-refractivity contribution < 1.29 is 13.2 Å². The van der Waals surface area contributed by atoms with Crippen molar-refractivity contribution in [1.82, 2.24) is 14.5 Å². The molecule has 1 aliphatic rings. The van der Waals surface area contributed by atoms with Gasteiger partial charge in [0.25, 0.3) is 0 Å². The minimum Gasteiger partial charge on any atom is -0.334 e. The van der Waals surface area contributed by atoms with E-state index in [2.05, 4.69) is 4.98 Å². The maximum atomic E-state index is 13.1. The fraction of sp³-hybridized carbons (Fsp3) is 0.545. The van der Waals surface area contributed by atoms with Gasteiger partial charge in [-0.05, 0) is 38.2 Å². The lowest BCUT2D eigenvalue weighted by Gasteiger charge is -2.27. The summed E-state index contributed by atoms with van der Waals surface area (Å²) in [6.45, 7) is 9.02. The molecule has 0 aliphatic heterocycles. The molecule has 1 saturated carbocycles. The Morgan fingerprint density at radius 1 is 1.17 bits per heavy atom. The van der Waals surface area contributed by atoms with Gasteiger partial charge < -0.3 is 9.47 Å². The Kier molecular flexibility index (Phi) is 6.46. The zero-order valence-corrected chi connectivity index (χ0v) is 18.5. The van der Waals surface area contributed by atoms with E-state index in [9.17, 15) is 13.2 Å². The Hall–Kier alpha value is -2.15. The van der Waals surface area contributed by atoms with E-state index in [-0.39, 0.29) is 34.7 Å². The number of amides is 1. The number of sulfone groups is 1. The Balaban J connectivity index is 1.92. The zero-order valence-electron chi connectivity index (χ0n) is 17.7. The second kappa shape index (κ2) is 8.69. The highest BCUT2D eigenvalue weighted by Crippen LogP contribution is 2.32. The number of carbonyl (C=O) groups excluding carboxylic acids is 1. The average Bonchev–Trinajstić information content (AvgIpc) is 3.41. The Bertz CT molecular complexity index is 945. The summed E-state index contributed by atoms with van der Waals surface area (Å²) in [5.41, 5.74) is 1.51. The summed E-state index contributed by atoms with van der Waals surface area (Å²) in [4.78, 5) is 18.9. The number of rotatable bonds is 9. The van der Waals surface area contributed by atoms with Crippen LogP contribution in [0.1, 0.15) is 51.8 Å². The quantitative estimate of drug-likeness (QED) is 0.624. The average molecular weight is 418 g/mol. The van der Waals surface area contributed by atoms with Crippen molar-refractivity contribution in [2.24, 2.45) is 11.8 Å². The molecule has 1 aromatic carbocycles. The smallest absolute Gasteiger partial charge is 0.228 e. The standard InChI is InChI=1S/C22H31N3O3S/c1-16(2)13-25-20(14-24(17(3)4)21(26)19-10-11-19)12-23-22(25)29(27,28)15-18-8-6-5-7-9-18/h5-9,12,16-17,19H,10-11,13-15H2,1-4H3. The van der Waals surface area contributed by atoms with Crippen LogP contribution < -0.4 is 0 Å². The molecule has 1 fully saturated rings. The van der Waals surface area contributed by atoms with Crippen molar-refractivity contribution in [1.29, 1.82) is 0 Å². The van der Waals surface area contributed by atoms with E-state index in [1.54, 1.807) is 10.8 Å². The normalized spacial score (nSPS) is 14.6. The molecule has 1 heterocycles. The van der Waals surface area contributed by atoms with Crippen LogP contribution >= 0.6 is 0 Å². The third-order valence-corrected chi connectivity index (χ3v) is 6.69. The van der Waals surface area contributed by atoms with Crippen molar-refractivity contribution in [2.75, 3.05) is 0 Å². The molecule has 0 radical (unpaired) electrons. The van der Waals surface area contributed by atoms with Gasteiger partial charge in [0.15, 0.2) is 0 Å². The second-order valence-corrected chi connectivity index (χ2v) is 10.5. The van der Waals surface area contributed by atoms with Crippen LogP contribution in [0.5, 0.6) is 0 Å². The number of nitrogens with zero attached hydrogens (tertiary/aromatic N) is 3. The number of carbonyl (C=O) groups is 1. The third kappa shape index (κ3) is 5.26. The number of imidazole rings is 1. The van der Waals surface area contributed by atoms with Crippen LogP contribution in [0.3, 0.4) is 0 Å². The van der Waals surface area contributed by atoms with Gasteiger partial charge in [0, 0.05) is 18.5 Å². The summed E-state index contributed by atoms with van der Waals surface area (Å²) in [5, 5.41) is 0.0904. The van der Waals surface area contributed by atoms with Crippen molar-refractivity contribution in [3.05, 3.63) is 47.8 Å². The van der Waals surface area contributed by atoms with Gasteiger partial charge in [0.1, 0.15) is 0 Å². The molecule has 0 bridgehead atoms. The molecule has 158 valence electrons. The summed E-state index contributed by atoms with van der Waals surface area (Å²) >= 11 is 0. The van der Waals surface area contributed by atoms with Crippen LogP contribution in [-0.4, -0.2) is 34.8 Å². The lowest BCUT2D eigenvalue weighted by molar-refractivity contribution is -0.135. The molecule has 3 rings (SSSR count). The van der Waals surface area contributed by atoms with Gasteiger partial charge in [-0.3, -0.25) is 4.79 Å². The van der Waals surface area contributed by atoms with Crippen LogP contribution in [0.4, 0.5) is 0 Å². The molecule has 1 aromatic heterocycles. The first-order chi connectivity index (χ1) is 13.7. The highest BCUT2D eigenvalue weighted by Gasteiger charge is 2.35. The van der Waals surface area contributed by atoms with E-state index in [4.69, 9.17) is 0 Å². The summed E-state index contributed by atoms with van der Waals surface area (Å²) in [6.07, 6.45) is 3.52. The summed E-state index contributed by atoms with van der Waals surface area (Å²) in [7, 11) is -3.60. The van der Waals surface area contributed by atoms with Gasteiger partial charge in [0.05, 0.1) is 24.2 Å². The Labute approximate surface area is 173 Å². The molecule has 0 atom stereocenters. The maximum Gasteiger partial charge on any atom is 0.228 e. The second-order valence-electron chi connectivity index (χ2n) is 8.62. The highest BCUT2D eigenvalue weighted by molar-refractivity contribution is 7.90. The zero-order chi connectivity index (χ0) is 21.2. The fourth-order valence-electron chi connectivity index (χ4n) is 3.44. The molecule has 1 amide bonds. The predicted octanol–water partition coefficient (Wildman–Crippen LogP) is 3.66. The van der Waals surface area contributed by atoms with Gasteiger partial charge in [-0.2, -0.15) is 0 Å². The number of benzene rings is 1. The molecule has 1 aliphatic carbocycles. The molecule has 0 N–H and O–H groups in total. The molecule has 0 spiro atoms. The van der Waals surface area contributed by atoms with E-state index in [1.807, 2.05) is 62.9 Å². The van der Waals surface area contributed by atoms with E-state index < -0.39 is 9.84 Å². The largest absolute Gasteiger partial charge is 0.334 e. The van der Waals surface area contributed by atoms with Gasteiger partial charge in [-0.25, -0.2) is 13.4 Å². The van der Waals surface area contributed by atoms with Crippen LogP contribution in [0.15, 0.2) is 41.7 Å². The first-order valence-electron chi connectivity index (χ1n) is 10.3. The lowest BCUT2D eigenvalue weighted by Crippen LogP contribution is -2.38. The molecular weight excluding hydrogens is 386 g/mol. The number of aromatic nitrogens is 2. The topological polar surface area (TPSA) is 72.3 Å². The van der Waals surface area contributed by atoms with Crippen molar-refractivity contribution in [2.45, 2.75) is 70.6 Å². The SMILES string of the molecule is CC(C)Cn1c(CN(C(=O)C2CC2)C(C)C)cnc1S(=O)(=O)Cc1ccccc1. The molecule has 0 unspecified atom stereocenters. The van der Waals surface area contributed by atoms with Gasteiger partial charge in [-0.15, -0.1) is 0 Å². The molecule has 0 saturated heterocycles. The summed E-state index contributed by atoms with van der Waals surface area (Å²) < 4.78 is 28.0. The minimum atomic E-state index is -3.60. The molecule has 7 heteroatoms. The van der Waals surface area contributed by atoms with E-state index in [1.165, 1.54) is 0 Å². The first-order valence-corrected chi connectivity index (χ1v) is 12.0. The van der Waals surface area contributed by atoms with Crippen LogP contribution in [0, 0.1) is 11.8 Å². The molecule has 29 heavy (non-hydrogen) atoms. The van der Waals surface area contributed by atoms with Crippen LogP contribution in [0.2, 0.25) is 0 Å². The van der Waals surface area contributed by atoms with Gasteiger partial charge >= 0.3 is 0 Å². The van der Waals surface area contributed by atoms with Crippen LogP contribution in [0.25, 0.3) is 0 Å². The van der Waals surface area contributed by atoms with Crippen molar-refractivity contribution in [3.8, 4) is 0 Å². The van der Waals surface area contributed by atoms with E-state index >= 15 is 0 Å². The molecule has 2 aromatic rings. The van der Waals surface area contributed by atoms with E-state index in [0.29, 0.717) is 13.1 Å². The molecule has 6 nitrogen and oxygen atoms in total. The van der Waals surface area contributed by atoms with Gasteiger partial charge in [-0.1, -0.05) is 44.2 Å². The molecular formula is C22H31N3O3S. The van der Waals surface area contributed by atoms with Crippen molar-refractivity contribution in [3.63, 3.8) is 0 Å². The van der Waals surface area contributed by atoms with Gasteiger partial charge in [0.2, 0.25) is 20.9 Å². The number of hydrogen-bond acceptors (Lipinski definition) is 4. The number of hydrogen-bond donors (Lipinski definition) is 0. The van der Waals surface area contributed by atoms with E-state index in [0.717, 1.165) is 24.1 Å². The fourth-order valence-corrected chi connectivity index (χ4v) is 4.94. The Morgan fingerprint density at radius 3 is 2.38 bits per heavy atom. The Morgan fingerprint density at radius 2 is 1.83 bits per heavy atom. The first kappa shape index (κ1) is 21.6.